The van der Waals surface area contributed by atoms with Gasteiger partial charge in [-0.15, -0.1) is 5.10 Å². The summed E-state index contributed by atoms with van der Waals surface area (Å²) in [6, 6.07) is 6.29. The molecule has 0 radical (unpaired) electrons. The molecule has 14 nitrogen and oxygen atoms in total. The molecular weight excluding hydrogens is 644 g/mol. The zero-order valence-electron chi connectivity index (χ0n) is 19.8. The SMILES string of the molecule is CN(Cc1ccccc1Cl)c1nc(Cl)nc2c1nnn2[C@@H]1C[C@H](COP(=O)(O)C(Cl)(Cl)P(=O)(O)O)[C@@H](O)[C@H]1O. The monoisotopic (exact) mass is 664 g/mol. The van der Waals surface area contributed by atoms with Crippen LogP contribution in [-0.4, -0.2) is 79.5 Å². The zero-order chi connectivity index (χ0) is 28.9. The number of halogens is 4. The molecule has 1 aromatic carbocycles. The highest BCUT2D eigenvalue weighted by molar-refractivity contribution is 7.78. The number of aliphatic hydroxyl groups excluding tert-OH is 2. The summed E-state index contributed by atoms with van der Waals surface area (Å²) in [4.78, 5) is 38.6. The van der Waals surface area contributed by atoms with Crippen LogP contribution in [-0.2, 0) is 20.2 Å². The largest absolute Gasteiger partial charge is 0.390 e. The lowest BCUT2D eigenvalue weighted by atomic mass is 10.1. The number of fused-ring (bicyclic) bond motifs is 1. The maximum absolute atomic E-state index is 12.4. The van der Waals surface area contributed by atoms with Crippen molar-refractivity contribution in [3.05, 3.63) is 40.1 Å². The Kier molecular flexibility index (Phi) is 8.92. The Hall–Kier alpha value is -1.12. The summed E-state index contributed by atoms with van der Waals surface area (Å²) in [5.74, 6) is -0.673. The average molecular weight is 666 g/mol. The molecular formula is C19H22Cl4N6O8P2. The van der Waals surface area contributed by atoms with E-state index in [0.29, 0.717) is 17.4 Å². The maximum Gasteiger partial charge on any atom is 0.376 e. The van der Waals surface area contributed by atoms with Gasteiger partial charge in [-0.05, 0) is 29.7 Å². The number of hydrogen-bond donors (Lipinski definition) is 5. The summed E-state index contributed by atoms with van der Waals surface area (Å²) >= 11 is 23.3. The summed E-state index contributed by atoms with van der Waals surface area (Å²) in [5.41, 5.74) is 1.20. The predicted octanol–water partition coefficient (Wildman–Crippen LogP) is 2.92. The number of aliphatic hydroxyl groups is 2. The molecule has 20 heteroatoms. The first-order valence-electron chi connectivity index (χ1n) is 11.0. The van der Waals surface area contributed by atoms with Gasteiger partial charge in [-0.3, -0.25) is 9.13 Å². The minimum atomic E-state index is -5.48. The molecule has 0 aliphatic heterocycles. The molecule has 1 fully saturated rings. The number of rotatable bonds is 9. The van der Waals surface area contributed by atoms with Gasteiger partial charge in [0, 0.05) is 24.5 Å². The molecule has 3 aromatic rings. The number of benzene rings is 1. The first-order chi connectivity index (χ1) is 18.0. The van der Waals surface area contributed by atoms with E-state index in [4.69, 9.17) is 50.9 Å². The minimum absolute atomic E-state index is 0.0688. The molecule has 214 valence electrons. The summed E-state index contributed by atoms with van der Waals surface area (Å²) < 4.78 is 26.4. The number of anilines is 1. The van der Waals surface area contributed by atoms with E-state index >= 15 is 0 Å². The number of aromatic nitrogens is 5. The Morgan fingerprint density at radius 1 is 1.13 bits per heavy atom. The van der Waals surface area contributed by atoms with Gasteiger partial charge in [0.05, 0.1) is 18.8 Å². The van der Waals surface area contributed by atoms with Crippen LogP contribution in [0.1, 0.15) is 18.0 Å². The highest BCUT2D eigenvalue weighted by Crippen LogP contribution is 2.76. The van der Waals surface area contributed by atoms with Crippen molar-refractivity contribution in [3.8, 4) is 0 Å². The van der Waals surface area contributed by atoms with Crippen LogP contribution in [0.4, 0.5) is 5.82 Å². The van der Waals surface area contributed by atoms with E-state index in [-0.39, 0.29) is 22.9 Å². The lowest BCUT2D eigenvalue weighted by Crippen LogP contribution is -2.31. The van der Waals surface area contributed by atoms with Gasteiger partial charge in [0.2, 0.25) is 5.28 Å². The summed E-state index contributed by atoms with van der Waals surface area (Å²) in [6.07, 6.45) is -3.03. The highest BCUT2D eigenvalue weighted by Gasteiger charge is 2.60. The lowest BCUT2D eigenvalue weighted by molar-refractivity contribution is -0.00372. The highest BCUT2D eigenvalue weighted by atomic mass is 35.5. The van der Waals surface area contributed by atoms with Crippen molar-refractivity contribution in [2.75, 3.05) is 18.6 Å². The topological polar surface area (TPSA) is 204 Å². The van der Waals surface area contributed by atoms with Crippen molar-refractivity contribution in [2.45, 2.75) is 35.0 Å². The van der Waals surface area contributed by atoms with Crippen molar-refractivity contribution in [1.29, 1.82) is 0 Å². The van der Waals surface area contributed by atoms with E-state index in [1.807, 2.05) is 12.1 Å². The van der Waals surface area contributed by atoms with Crippen LogP contribution in [0.15, 0.2) is 24.3 Å². The molecule has 1 aliphatic rings. The normalized spacial score (nSPS) is 23.7. The molecule has 39 heavy (non-hydrogen) atoms. The van der Waals surface area contributed by atoms with Gasteiger partial charge >= 0.3 is 19.0 Å². The first-order valence-corrected chi connectivity index (χ1v) is 15.8. The fourth-order valence-electron chi connectivity index (χ4n) is 4.18. The first kappa shape index (κ1) is 30.8. The van der Waals surface area contributed by atoms with E-state index in [2.05, 4.69) is 20.3 Å². The Balaban J connectivity index is 1.58. The molecule has 0 bridgehead atoms. The van der Waals surface area contributed by atoms with Gasteiger partial charge in [0.25, 0.3) is 0 Å². The molecule has 2 heterocycles. The quantitative estimate of drug-likeness (QED) is 0.127. The van der Waals surface area contributed by atoms with E-state index < -0.39 is 49.8 Å². The van der Waals surface area contributed by atoms with Gasteiger partial charge in [-0.1, -0.05) is 58.2 Å². The summed E-state index contributed by atoms with van der Waals surface area (Å²) in [7, 11) is -9.05. The van der Waals surface area contributed by atoms with E-state index in [9.17, 15) is 34.0 Å². The van der Waals surface area contributed by atoms with Crippen molar-refractivity contribution < 1.29 is 38.5 Å². The fourth-order valence-corrected chi connectivity index (χ4v) is 6.87. The molecule has 0 amide bonds. The van der Waals surface area contributed by atoms with E-state index in [0.717, 1.165) is 5.56 Å². The summed E-state index contributed by atoms with van der Waals surface area (Å²) in [6.45, 7) is -0.379. The fraction of sp³-hybridized carbons (Fsp3) is 0.474. The third kappa shape index (κ3) is 5.94. The second-order valence-electron chi connectivity index (χ2n) is 8.88. The second-order valence-corrected chi connectivity index (χ2v) is 16.1. The zero-order valence-corrected chi connectivity index (χ0v) is 24.6. The summed E-state index contributed by atoms with van der Waals surface area (Å²) in [5, 5.41) is 30.0. The molecule has 0 saturated heterocycles. The van der Waals surface area contributed by atoms with E-state index in [1.165, 1.54) is 4.68 Å². The van der Waals surface area contributed by atoms with Crippen molar-refractivity contribution in [3.63, 3.8) is 0 Å². The molecule has 1 saturated carbocycles. The van der Waals surface area contributed by atoms with Crippen LogP contribution in [0.3, 0.4) is 0 Å². The average Bonchev–Trinajstić information content (AvgIpc) is 3.38. The van der Waals surface area contributed by atoms with Crippen LogP contribution in [0.2, 0.25) is 10.3 Å². The molecule has 5 atom stereocenters. The second kappa shape index (κ2) is 11.3. The van der Waals surface area contributed by atoms with Crippen LogP contribution in [0.5, 0.6) is 0 Å². The molecule has 2 aromatic heterocycles. The predicted molar refractivity (Wildman–Crippen MR) is 143 cm³/mol. The minimum Gasteiger partial charge on any atom is -0.390 e. The Bertz CT molecular complexity index is 1470. The van der Waals surface area contributed by atoms with Gasteiger partial charge in [0.15, 0.2) is 17.0 Å². The number of nitrogens with zero attached hydrogens (tertiary/aromatic N) is 6. The smallest absolute Gasteiger partial charge is 0.376 e. The van der Waals surface area contributed by atoms with Crippen molar-refractivity contribution in [1.82, 2.24) is 25.0 Å². The molecule has 5 N–H and O–H groups in total. The number of hydrogen-bond acceptors (Lipinski definition) is 10. The third-order valence-corrected chi connectivity index (χ3v) is 12.8. The Morgan fingerprint density at radius 3 is 2.44 bits per heavy atom. The molecule has 0 spiro atoms. The Morgan fingerprint density at radius 2 is 1.79 bits per heavy atom. The number of alkyl halides is 2. The molecule has 1 aliphatic carbocycles. The molecule has 4 rings (SSSR count). The van der Waals surface area contributed by atoms with Crippen LogP contribution in [0.25, 0.3) is 11.2 Å². The van der Waals surface area contributed by atoms with Gasteiger partial charge in [-0.2, -0.15) is 9.97 Å². The van der Waals surface area contributed by atoms with Crippen LogP contribution < -0.4 is 4.90 Å². The standard InChI is InChI=1S/C19H22Cl4N6O8P2/c1-28(7-9-4-2-3-5-11(9)20)16-13-17(25-18(21)24-16)29(27-26-13)12-6-10(14(30)15(12)31)8-37-39(35,36)19(22,23)38(32,33)34/h2-5,10,12,14-15,30-31H,6-8H2,1H3,(H,35,36)(H2,32,33,34)/t10-,12-,14-,15+/m1/s1. The van der Waals surface area contributed by atoms with Crippen molar-refractivity contribution in [2.24, 2.45) is 5.92 Å². The Labute approximate surface area is 241 Å². The van der Waals surface area contributed by atoms with Crippen LogP contribution in [0, 0.1) is 5.92 Å². The molecule has 1 unspecified atom stereocenters. The van der Waals surface area contributed by atoms with Gasteiger partial charge in [0.1, 0.15) is 6.10 Å². The van der Waals surface area contributed by atoms with Gasteiger partial charge in [-0.25, -0.2) is 4.68 Å². The van der Waals surface area contributed by atoms with Crippen molar-refractivity contribution >= 4 is 78.6 Å². The lowest BCUT2D eigenvalue weighted by Gasteiger charge is -2.26. The van der Waals surface area contributed by atoms with Crippen LogP contribution >= 0.6 is 61.6 Å². The third-order valence-electron chi connectivity index (χ3n) is 6.24. The van der Waals surface area contributed by atoms with Gasteiger partial charge < -0.3 is 34.3 Å². The van der Waals surface area contributed by atoms with E-state index in [1.54, 1.807) is 24.1 Å². The maximum atomic E-state index is 12.4.